The zero-order valence-corrected chi connectivity index (χ0v) is 12.5. The van der Waals surface area contributed by atoms with E-state index in [0.29, 0.717) is 10.9 Å². The standard InChI is InChI=1S/C12H18N2O2S2/c1-7-10(11(15)16-2)18-12(13-7)14-8-4-5-9(6-8)17-3/h8-9H,4-6H2,1-3H3,(H,13,14). The van der Waals surface area contributed by atoms with Crippen molar-refractivity contribution in [2.45, 2.75) is 37.5 Å². The van der Waals surface area contributed by atoms with Gasteiger partial charge in [-0.2, -0.15) is 11.8 Å². The molecule has 1 aromatic heterocycles. The van der Waals surface area contributed by atoms with Crippen molar-refractivity contribution in [3.05, 3.63) is 10.6 Å². The summed E-state index contributed by atoms with van der Waals surface area (Å²) in [6, 6.07) is 0.485. The Labute approximate surface area is 116 Å². The first-order valence-electron chi connectivity index (χ1n) is 5.99. The fourth-order valence-corrected chi connectivity index (χ4v) is 3.96. The smallest absolute Gasteiger partial charge is 0.350 e. The van der Waals surface area contributed by atoms with Crippen LogP contribution in [0.1, 0.15) is 34.6 Å². The van der Waals surface area contributed by atoms with E-state index in [1.807, 2.05) is 18.7 Å². The molecule has 0 bridgehead atoms. The molecule has 100 valence electrons. The molecule has 0 spiro atoms. The molecule has 0 amide bonds. The molecule has 6 heteroatoms. The van der Waals surface area contributed by atoms with Crippen LogP contribution in [0.15, 0.2) is 0 Å². The highest BCUT2D eigenvalue weighted by atomic mass is 32.2. The zero-order valence-electron chi connectivity index (χ0n) is 10.9. The summed E-state index contributed by atoms with van der Waals surface area (Å²) in [7, 11) is 1.40. The summed E-state index contributed by atoms with van der Waals surface area (Å²) >= 11 is 3.32. The number of esters is 1. The summed E-state index contributed by atoms with van der Waals surface area (Å²) in [6.45, 7) is 1.84. The van der Waals surface area contributed by atoms with Gasteiger partial charge in [0.15, 0.2) is 5.13 Å². The van der Waals surface area contributed by atoms with Crippen molar-refractivity contribution in [2.75, 3.05) is 18.7 Å². The number of hydrogen-bond acceptors (Lipinski definition) is 6. The number of thioether (sulfide) groups is 1. The number of nitrogens with one attached hydrogen (secondary N) is 1. The summed E-state index contributed by atoms with van der Waals surface area (Å²) < 4.78 is 4.74. The van der Waals surface area contributed by atoms with Crippen molar-refractivity contribution in [1.82, 2.24) is 4.98 Å². The molecule has 0 radical (unpaired) electrons. The van der Waals surface area contributed by atoms with Crippen LogP contribution in [0, 0.1) is 6.92 Å². The van der Waals surface area contributed by atoms with Crippen molar-refractivity contribution in [3.63, 3.8) is 0 Å². The second kappa shape index (κ2) is 5.93. The maximum absolute atomic E-state index is 11.5. The summed E-state index contributed by atoms with van der Waals surface area (Å²) in [5, 5.41) is 5.02. The van der Waals surface area contributed by atoms with Crippen LogP contribution in [0.3, 0.4) is 0 Å². The van der Waals surface area contributed by atoms with Crippen molar-refractivity contribution < 1.29 is 9.53 Å². The summed E-state index contributed by atoms with van der Waals surface area (Å²) in [5.74, 6) is -0.300. The van der Waals surface area contributed by atoms with Crippen molar-refractivity contribution in [2.24, 2.45) is 0 Å². The minimum Gasteiger partial charge on any atom is -0.465 e. The highest BCUT2D eigenvalue weighted by Crippen LogP contribution is 2.32. The van der Waals surface area contributed by atoms with Crippen LogP contribution in [0.25, 0.3) is 0 Å². The van der Waals surface area contributed by atoms with Crippen LogP contribution in [-0.4, -0.2) is 35.6 Å². The zero-order chi connectivity index (χ0) is 13.1. The van der Waals surface area contributed by atoms with Gasteiger partial charge in [-0.25, -0.2) is 9.78 Å². The lowest BCUT2D eigenvalue weighted by Gasteiger charge is -2.10. The number of carbonyl (C=O) groups is 1. The van der Waals surface area contributed by atoms with Gasteiger partial charge in [-0.15, -0.1) is 0 Å². The van der Waals surface area contributed by atoms with Crippen LogP contribution in [0.5, 0.6) is 0 Å². The predicted octanol–water partition coefficient (Wildman–Crippen LogP) is 2.93. The molecule has 1 aliphatic rings. The van der Waals surface area contributed by atoms with Crippen LogP contribution < -0.4 is 5.32 Å². The number of aromatic nitrogens is 1. The summed E-state index contributed by atoms with van der Waals surface area (Å²) in [6.07, 6.45) is 5.77. The first-order chi connectivity index (χ1) is 8.63. The van der Waals surface area contributed by atoms with E-state index in [1.54, 1.807) is 0 Å². The molecule has 1 heterocycles. The second-order valence-corrected chi connectivity index (χ2v) is 6.57. The molecular weight excluding hydrogens is 268 g/mol. The normalized spacial score (nSPS) is 23.1. The maximum atomic E-state index is 11.5. The van der Waals surface area contributed by atoms with Gasteiger partial charge in [0.05, 0.1) is 12.8 Å². The number of hydrogen-bond donors (Lipinski definition) is 1. The molecule has 1 aromatic rings. The maximum Gasteiger partial charge on any atom is 0.350 e. The van der Waals surface area contributed by atoms with Crippen molar-refractivity contribution >= 4 is 34.2 Å². The van der Waals surface area contributed by atoms with Gasteiger partial charge in [0.1, 0.15) is 4.88 Å². The highest BCUT2D eigenvalue weighted by molar-refractivity contribution is 7.99. The largest absolute Gasteiger partial charge is 0.465 e. The van der Waals surface area contributed by atoms with Gasteiger partial charge in [0.2, 0.25) is 0 Å². The van der Waals surface area contributed by atoms with Crippen LogP contribution >= 0.6 is 23.1 Å². The molecule has 2 rings (SSSR count). The lowest BCUT2D eigenvalue weighted by molar-refractivity contribution is 0.0605. The average Bonchev–Trinajstić information content (AvgIpc) is 2.95. The summed E-state index contributed by atoms with van der Waals surface area (Å²) in [4.78, 5) is 16.5. The number of methoxy groups -OCH3 is 1. The van der Waals surface area contributed by atoms with E-state index in [9.17, 15) is 4.79 Å². The number of ether oxygens (including phenoxy) is 1. The van der Waals surface area contributed by atoms with Crippen molar-refractivity contribution in [3.8, 4) is 0 Å². The Morgan fingerprint density at radius 1 is 1.56 bits per heavy atom. The van der Waals surface area contributed by atoms with E-state index in [-0.39, 0.29) is 5.97 Å². The number of nitrogens with zero attached hydrogens (tertiary/aromatic N) is 1. The molecule has 0 aromatic carbocycles. The Morgan fingerprint density at radius 3 is 2.94 bits per heavy atom. The van der Waals surface area contributed by atoms with E-state index < -0.39 is 0 Å². The molecule has 18 heavy (non-hydrogen) atoms. The van der Waals surface area contributed by atoms with E-state index in [0.717, 1.165) is 16.1 Å². The quantitative estimate of drug-likeness (QED) is 0.862. The number of carbonyl (C=O) groups excluding carboxylic acids is 1. The van der Waals surface area contributed by atoms with Gasteiger partial charge in [-0.3, -0.25) is 0 Å². The van der Waals surface area contributed by atoms with Crippen molar-refractivity contribution in [1.29, 1.82) is 0 Å². The lowest BCUT2D eigenvalue weighted by Crippen LogP contribution is -2.15. The SMILES string of the molecule is COC(=O)c1sc(NC2CCC(SC)C2)nc1C. The lowest BCUT2D eigenvalue weighted by atomic mass is 10.3. The first kappa shape index (κ1) is 13.7. The van der Waals surface area contributed by atoms with Gasteiger partial charge >= 0.3 is 5.97 Å². The Morgan fingerprint density at radius 2 is 2.33 bits per heavy atom. The Hall–Kier alpha value is -0.750. The van der Waals surface area contributed by atoms with E-state index in [1.165, 1.54) is 37.7 Å². The fourth-order valence-electron chi connectivity index (χ4n) is 2.20. The van der Waals surface area contributed by atoms with Crippen LogP contribution in [0.4, 0.5) is 5.13 Å². The van der Waals surface area contributed by atoms with E-state index in [4.69, 9.17) is 4.74 Å². The Bertz CT molecular complexity index is 434. The molecule has 1 saturated carbocycles. The molecule has 1 N–H and O–H groups in total. The molecule has 2 unspecified atom stereocenters. The van der Waals surface area contributed by atoms with Crippen LogP contribution in [-0.2, 0) is 4.74 Å². The van der Waals surface area contributed by atoms with E-state index >= 15 is 0 Å². The molecular formula is C12H18N2O2S2. The molecule has 2 atom stereocenters. The number of aryl methyl sites for hydroxylation is 1. The van der Waals surface area contributed by atoms with Gasteiger partial charge in [-0.1, -0.05) is 11.3 Å². The minimum absolute atomic E-state index is 0.300. The minimum atomic E-state index is -0.300. The third-order valence-electron chi connectivity index (χ3n) is 3.21. The number of anilines is 1. The summed E-state index contributed by atoms with van der Waals surface area (Å²) in [5.41, 5.74) is 0.744. The Kier molecular flexibility index (Phi) is 4.50. The highest BCUT2D eigenvalue weighted by Gasteiger charge is 2.25. The van der Waals surface area contributed by atoms with Gasteiger partial charge in [0, 0.05) is 11.3 Å². The topological polar surface area (TPSA) is 51.2 Å². The second-order valence-electron chi connectivity index (χ2n) is 4.44. The average molecular weight is 286 g/mol. The number of rotatable bonds is 4. The van der Waals surface area contributed by atoms with Gasteiger partial charge in [-0.05, 0) is 32.4 Å². The first-order valence-corrected chi connectivity index (χ1v) is 8.09. The van der Waals surface area contributed by atoms with E-state index in [2.05, 4.69) is 16.6 Å². The molecule has 4 nitrogen and oxygen atoms in total. The fraction of sp³-hybridized carbons (Fsp3) is 0.667. The Balaban J connectivity index is 2.00. The monoisotopic (exact) mass is 286 g/mol. The third kappa shape index (κ3) is 2.98. The predicted molar refractivity (Wildman–Crippen MR) is 76.8 cm³/mol. The van der Waals surface area contributed by atoms with Gasteiger partial charge < -0.3 is 10.1 Å². The van der Waals surface area contributed by atoms with Gasteiger partial charge in [0.25, 0.3) is 0 Å². The third-order valence-corrected chi connectivity index (χ3v) is 5.38. The molecule has 0 aliphatic heterocycles. The molecule has 1 fully saturated rings. The molecule has 0 saturated heterocycles. The molecule has 1 aliphatic carbocycles. The number of thiazole rings is 1. The van der Waals surface area contributed by atoms with Crippen LogP contribution in [0.2, 0.25) is 0 Å².